The SMILES string of the molecule is CC1(c2ccc(Cl)cc2)NC(=O)N(CC(=O)c2ccc3ccccc3c2)C1=O. The molecule has 1 N–H and O–H groups in total. The van der Waals surface area contributed by atoms with Crippen molar-refractivity contribution in [2.24, 2.45) is 0 Å². The number of fused-ring (bicyclic) bond motifs is 1. The third kappa shape index (κ3) is 3.04. The number of imide groups is 1. The van der Waals surface area contributed by atoms with Gasteiger partial charge in [-0.25, -0.2) is 4.79 Å². The van der Waals surface area contributed by atoms with Gasteiger partial charge >= 0.3 is 6.03 Å². The summed E-state index contributed by atoms with van der Waals surface area (Å²) in [4.78, 5) is 39.1. The van der Waals surface area contributed by atoms with Crippen molar-refractivity contribution in [2.75, 3.05) is 6.54 Å². The van der Waals surface area contributed by atoms with Crippen LogP contribution in [0.25, 0.3) is 10.8 Å². The van der Waals surface area contributed by atoms with E-state index in [0.29, 0.717) is 16.1 Å². The molecule has 1 aliphatic heterocycles. The van der Waals surface area contributed by atoms with Crippen LogP contribution in [0.2, 0.25) is 5.02 Å². The quantitative estimate of drug-likeness (QED) is 0.536. The van der Waals surface area contributed by atoms with Crippen LogP contribution in [-0.2, 0) is 10.3 Å². The number of rotatable bonds is 4. The van der Waals surface area contributed by atoms with E-state index in [2.05, 4.69) is 5.32 Å². The summed E-state index contributed by atoms with van der Waals surface area (Å²) in [5.74, 6) is -0.761. The lowest BCUT2D eigenvalue weighted by Crippen LogP contribution is -2.41. The maximum absolute atomic E-state index is 13.0. The fraction of sp³-hybridized carbons (Fsp3) is 0.136. The van der Waals surface area contributed by atoms with Crippen molar-refractivity contribution in [3.63, 3.8) is 0 Å². The van der Waals surface area contributed by atoms with Crippen molar-refractivity contribution in [1.29, 1.82) is 0 Å². The van der Waals surface area contributed by atoms with Gasteiger partial charge in [-0.3, -0.25) is 14.5 Å². The summed E-state index contributed by atoms with van der Waals surface area (Å²) in [5.41, 5.74) is -0.166. The molecule has 1 unspecified atom stereocenters. The Hall–Kier alpha value is -3.18. The molecule has 3 aromatic carbocycles. The van der Waals surface area contributed by atoms with Crippen molar-refractivity contribution in [2.45, 2.75) is 12.5 Å². The predicted octanol–water partition coefficient (Wildman–Crippen LogP) is 4.14. The fourth-order valence-electron chi connectivity index (χ4n) is 3.42. The summed E-state index contributed by atoms with van der Waals surface area (Å²) in [6.45, 7) is 1.31. The summed E-state index contributed by atoms with van der Waals surface area (Å²) in [6.07, 6.45) is 0. The molecular weight excluding hydrogens is 376 g/mol. The Kier molecular flexibility index (Phi) is 4.40. The highest BCUT2D eigenvalue weighted by molar-refractivity contribution is 6.30. The lowest BCUT2D eigenvalue weighted by molar-refractivity contribution is -0.130. The molecule has 0 saturated carbocycles. The van der Waals surface area contributed by atoms with Crippen LogP contribution in [0.4, 0.5) is 4.79 Å². The Bertz CT molecular complexity index is 1110. The Labute approximate surface area is 166 Å². The summed E-state index contributed by atoms with van der Waals surface area (Å²) >= 11 is 5.91. The van der Waals surface area contributed by atoms with Gasteiger partial charge in [-0.1, -0.05) is 60.1 Å². The Balaban J connectivity index is 1.58. The van der Waals surface area contributed by atoms with Crippen molar-refractivity contribution in [3.8, 4) is 0 Å². The zero-order valence-electron chi connectivity index (χ0n) is 15.1. The van der Waals surface area contributed by atoms with E-state index in [0.717, 1.165) is 15.7 Å². The molecule has 1 fully saturated rings. The second-order valence-electron chi connectivity index (χ2n) is 6.94. The summed E-state index contributed by atoms with van der Waals surface area (Å²) in [5, 5.41) is 5.17. The van der Waals surface area contributed by atoms with Gasteiger partial charge in [0.15, 0.2) is 5.78 Å². The number of carbonyl (C=O) groups is 3. The number of nitrogens with zero attached hydrogens (tertiary/aromatic N) is 1. The van der Waals surface area contributed by atoms with Gasteiger partial charge in [0.25, 0.3) is 5.91 Å². The molecule has 140 valence electrons. The molecule has 0 radical (unpaired) electrons. The second-order valence-corrected chi connectivity index (χ2v) is 7.37. The third-order valence-corrected chi connectivity index (χ3v) is 5.32. The van der Waals surface area contributed by atoms with Gasteiger partial charge in [0.1, 0.15) is 5.54 Å². The summed E-state index contributed by atoms with van der Waals surface area (Å²) in [6, 6.07) is 19.1. The van der Waals surface area contributed by atoms with E-state index in [4.69, 9.17) is 11.6 Å². The largest absolute Gasteiger partial charge is 0.325 e. The van der Waals surface area contributed by atoms with Crippen molar-refractivity contribution < 1.29 is 14.4 Å². The van der Waals surface area contributed by atoms with Gasteiger partial charge in [0.05, 0.1) is 6.54 Å². The maximum Gasteiger partial charge on any atom is 0.325 e. The van der Waals surface area contributed by atoms with E-state index in [1.807, 2.05) is 30.3 Å². The molecule has 0 bridgehead atoms. The molecule has 1 saturated heterocycles. The Morgan fingerprint density at radius 2 is 1.68 bits per heavy atom. The topological polar surface area (TPSA) is 66.5 Å². The first-order valence-electron chi connectivity index (χ1n) is 8.81. The number of hydrogen-bond acceptors (Lipinski definition) is 3. The van der Waals surface area contributed by atoms with Crippen LogP contribution in [0.3, 0.4) is 0 Å². The van der Waals surface area contributed by atoms with E-state index < -0.39 is 17.5 Å². The van der Waals surface area contributed by atoms with Gasteiger partial charge in [-0.05, 0) is 41.5 Å². The van der Waals surface area contributed by atoms with Crippen LogP contribution >= 0.6 is 11.6 Å². The number of urea groups is 1. The first-order valence-corrected chi connectivity index (χ1v) is 9.18. The van der Waals surface area contributed by atoms with Crippen molar-refractivity contribution in [3.05, 3.63) is 82.9 Å². The van der Waals surface area contributed by atoms with Gasteiger partial charge in [-0.2, -0.15) is 0 Å². The number of Topliss-reactive ketones (excluding diaryl/α,β-unsaturated/α-hetero) is 1. The highest BCUT2D eigenvalue weighted by atomic mass is 35.5. The number of benzene rings is 3. The maximum atomic E-state index is 13.0. The number of halogens is 1. The molecule has 1 heterocycles. The standard InChI is InChI=1S/C22H17ClN2O3/c1-22(17-8-10-18(23)11-9-17)20(27)25(21(28)24-22)13-19(26)16-7-6-14-4-2-3-5-15(14)12-16/h2-12H,13H2,1H3,(H,24,28). The summed E-state index contributed by atoms with van der Waals surface area (Å²) < 4.78 is 0. The van der Waals surface area contributed by atoms with E-state index in [-0.39, 0.29) is 12.3 Å². The molecular formula is C22H17ClN2O3. The van der Waals surface area contributed by atoms with E-state index in [1.165, 1.54) is 0 Å². The van der Waals surface area contributed by atoms with Crippen LogP contribution in [-0.4, -0.2) is 29.2 Å². The van der Waals surface area contributed by atoms with Crippen LogP contribution in [0.5, 0.6) is 0 Å². The van der Waals surface area contributed by atoms with Gasteiger partial charge in [0.2, 0.25) is 0 Å². The molecule has 6 heteroatoms. The highest BCUT2D eigenvalue weighted by Gasteiger charge is 2.49. The number of carbonyl (C=O) groups excluding carboxylic acids is 3. The Morgan fingerprint density at radius 3 is 2.39 bits per heavy atom. The molecule has 3 amide bonds. The minimum atomic E-state index is -1.23. The zero-order valence-corrected chi connectivity index (χ0v) is 15.9. The third-order valence-electron chi connectivity index (χ3n) is 5.07. The second kappa shape index (κ2) is 6.77. The fourth-order valence-corrected chi connectivity index (χ4v) is 3.54. The first-order chi connectivity index (χ1) is 13.4. The minimum Gasteiger partial charge on any atom is -0.319 e. The van der Waals surface area contributed by atoms with Crippen LogP contribution < -0.4 is 5.32 Å². The highest BCUT2D eigenvalue weighted by Crippen LogP contribution is 2.30. The van der Waals surface area contributed by atoms with Crippen LogP contribution in [0.1, 0.15) is 22.8 Å². The van der Waals surface area contributed by atoms with E-state index >= 15 is 0 Å². The van der Waals surface area contributed by atoms with Crippen molar-refractivity contribution in [1.82, 2.24) is 10.2 Å². The van der Waals surface area contributed by atoms with Gasteiger partial charge < -0.3 is 5.32 Å². The normalized spacial score (nSPS) is 19.1. The molecule has 0 aliphatic carbocycles. The van der Waals surface area contributed by atoms with Gasteiger partial charge in [0, 0.05) is 10.6 Å². The lowest BCUT2D eigenvalue weighted by Gasteiger charge is -2.22. The number of hydrogen-bond donors (Lipinski definition) is 1. The molecule has 1 atom stereocenters. The van der Waals surface area contributed by atoms with Gasteiger partial charge in [-0.15, -0.1) is 0 Å². The van der Waals surface area contributed by atoms with Crippen LogP contribution in [0.15, 0.2) is 66.7 Å². The van der Waals surface area contributed by atoms with Crippen molar-refractivity contribution >= 4 is 40.1 Å². The molecule has 5 nitrogen and oxygen atoms in total. The lowest BCUT2D eigenvalue weighted by atomic mass is 9.92. The first kappa shape index (κ1) is 18.2. The molecule has 0 aromatic heterocycles. The monoisotopic (exact) mass is 392 g/mol. The molecule has 3 aromatic rings. The van der Waals surface area contributed by atoms with Crippen LogP contribution in [0, 0.1) is 0 Å². The predicted molar refractivity (Wildman–Crippen MR) is 107 cm³/mol. The smallest absolute Gasteiger partial charge is 0.319 e. The molecule has 28 heavy (non-hydrogen) atoms. The molecule has 0 spiro atoms. The minimum absolute atomic E-state index is 0.297. The number of ketones is 1. The zero-order chi connectivity index (χ0) is 19.9. The Morgan fingerprint density at radius 1 is 1.00 bits per heavy atom. The molecule has 1 aliphatic rings. The van der Waals surface area contributed by atoms with E-state index in [1.54, 1.807) is 43.3 Å². The average Bonchev–Trinajstić information content (AvgIpc) is 2.92. The molecule has 4 rings (SSSR count). The average molecular weight is 393 g/mol. The number of amides is 3. The van der Waals surface area contributed by atoms with E-state index in [9.17, 15) is 14.4 Å². The summed E-state index contributed by atoms with van der Waals surface area (Å²) in [7, 11) is 0. The number of nitrogens with one attached hydrogen (secondary N) is 1.